The molecule has 31 heavy (non-hydrogen) atoms. The number of hydrogen-bond acceptors (Lipinski definition) is 7. The van der Waals surface area contributed by atoms with E-state index in [9.17, 15) is 18.0 Å². The Morgan fingerprint density at radius 2 is 1.84 bits per heavy atom. The molecular weight excluding hydrogens is 444 g/mol. The monoisotopic (exact) mass is 462 g/mol. The average molecular weight is 463 g/mol. The Morgan fingerprint density at radius 3 is 2.61 bits per heavy atom. The maximum Gasteiger partial charge on any atom is 0.341 e. The maximum absolute atomic E-state index is 12.9. The van der Waals surface area contributed by atoms with Gasteiger partial charge in [-0.2, -0.15) is 8.99 Å². The van der Waals surface area contributed by atoms with Crippen LogP contribution in [0.2, 0.25) is 5.02 Å². The van der Waals surface area contributed by atoms with Crippen molar-refractivity contribution in [2.75, 3.05) is 13.1 Å². The van der Waals surface area contributed by atoms with Crippen LogP contribution >= 0.6 is 11.6 Å². The van der Waals surface area contributed by atoms with Crippen molar-refractivity contribution in [2.45, 2.75) is 30.9 Å². The molecule has 2 aromatic carbocycles. The van der Waals surface area contributed by atoms with Crippen LogP contribution in [0.5, 0.6) is 0 Å². The molecule has 0 amide bonds. The van der Waals surface area contributed by atoms with Crippen molar-refractivity contribution in [1.29, 1.82) is 0 Å². The molecule has 0 unspecified atom stereocenters. The predicted molar refractivity (Wildman–Crippen MR) is 113 cm³/mol. The Morgan fingerprint density at radius 1 is 1.10 bits per heavy atom. The Hall–Kier alpha value is -2.82. The molecule has 1 aliphatic heterocycles. The van der Waals surface area contributed by atoms with Gasteiger partial charge in [-0.1, -0.05) is 35.4 Å². The number of ether oxygens (including phenoxy) is 1. The summed E-state index contributed by atoms with van der Waals surface area (Å²) in [7, 11) is -3.74. The first-order valence-electron chi connectivity index (χ1n) is 9.67. The molecule has 4 rings (SSSR count). The Bertz CT molecular complexity index is 1300. The number of sulfonamides is 1. The zero-order valence-electron chi connectivity index (χ0n) is 16.4. The van der Waals surface area contributed by atoms with Gasteiger partial charge in [0, 0.05) is 13.1 Å². The number of carbonyl (C=O) groups excluding carboxylic acids is 1. The van der Waals surface area contributed by atoms with E-state index in [1.807, 2.05) is 0 Å². The van der Waals surface area contributed by atoms with E-state index in [2.05, 4.69) is 10.3 Å². The van der Waals surface area contributed by atoms with Crippen molar-refractivity contribution in [3.63, 3.8) is 0 Å². The number of rotatable bonds is 5. The highest BCUT2D eigenvalue weighted by atomic mass is 35.5. The number of halogens is 1. The van der Waals surface area contributed by atoms with E-state index in [-0.39, 0.29) is 15.5 Å². The summed E-state index contributed by atoms with van der Waals surface area (Å²) in [6.07, 6.45) is 2.58. The van der Waals surface area contributed by atoms with Crippen LogP contribution in [-0.4, -0.2) is 46.8 Å². The van der Waals surface area contributed by atoms with E-state index < -0.39 is 28.3 Å². The molecular formula is C20H19ClN4O5S. The van der Waals surface area contributed by atoms with Gasteiger partial charge in [-0.05, 0) is 43.2 Å². The Kier molecular flexibility index (Phi) is 6.03. The molecule has 1 fully saturated rings. The van der Waals surface area contributed by atoms with Crippen LogP contribution in [0.1, 0.15) is 29.6 Å². The molecule has 0 N–H and O–H groups in total. The van der Waals surface area contributed by atoms with E-state index in [0.717, 1.165) is 23.9 Å². The van der Waals surface area contributed by atoms with Crippen LogP contribution in [0.3, 0.4) is 0 Å². The second kappa shape index (κ2) is 8.74. The molecule has 0 spiro atoms. The van der Waals surface area contributed by atoms with Gasteiger partial charge >= 0.3 is 5.97 Å². The zero-order valence-corrected chi connectivity index (χ0v) is 18.0. The topological polar surface area (TPSA) is 111 Å². The molecule has 0 saturated carbocycles. The van der Waals surface area contributed by atoms with Crippen molar-refractivity contribution in [2.24, 2.45) is 0 Å². The second-order valence-corrected chi connectivity index (χ2v) is 9.42. The lowest BCUT2D eigenvalue weighted by Gasteiger charge is -2.26. The fourth-order valence-electron chi connectivity index (χ4n) is 3.38. The zero-order chi connectivity index (χ0) is 22.0. The minimum absolute atomic E-state index is 0.0339. The Balaban J connectivity index is 1.56. The third kappa shape index (κ3) is 4.32. The highest BCUT2D eigenvalue weighted by Gasteiger charge is 2.27. The number of aromatic nitrogens is 3. The summed E-state index contributed by atoms with van der Waals surface area (Å²) >= 11 is 6.11. The molecule has 0 atom stereocenters. The number of benzene rings is 2. The van der Waals surface area contributed by atoms with Crippen molar-refractivity contribution >= 4 is 38.5 Å². The second-order valence-electron chi connectivity index (χ2n) is 7.08. The summed E-state index contributed by atoms with van der Waals surface area (Å²) in [4.78, 5) is 25.0. The van der Waals surface area contributed by atoms with Crippen molar-refractivity contribution < 1.29 is 17.9 Å². The first kappa shape index (κ1) is 21.4. The molecule has 1 saturated heterocycles. The molecule has 0 bridgehead atoms. The smallest absolute Gasteiger partial charge is 0.341 e. The van der Waals surface area contributed by atoms with Crippen LogP contribution in [-0.2, 0) is 21.5 Å². The predicted octanol–water partition coefficient (Wildman–Crippen LogP) is 2.43. The maximum atomic E-state index is 12.9. The van der Waals surface area contributed by atoms with Crippen LogP contribution in [0, 0.1) is 0 Å². The third-order valence-electron chi connectivity index (χ3n) is 5.06. The summed E-state index contributed by atoms with van der Waals surface area (Å²) in [5.74, 6) is -0.873. The summed E-state index contributed by atoms with van der Waals surface area (Å²) in [5, 5.41) is 8.05. The van der Waals surface area contributed by atoms with Gasteiger partial charge in [0.05, 0.1) is 20.9 Å². The summed E-state index contributed by atoms with van der Waals surface area (Å²) in [5.41, 5.74) is -0.152. The molecule has 0 aliphatic carbocycles. The SMILES string of the molecule is O=C(OCn1nnc2ccccc2c1=O)c1cc(S(=O)(=O)N2CCCCC2)ccc1Cl. The van der Waals surface area contributed by atoms with Gasteiger partial charge in [-0.25, -0.2) is 13.2 Å². The fraction of sp³-hybridized carbons (Fsp3) is 0.300. The minimum atomic E-state index is -3.74. The third-order valence-corrected chi connectivity index (χ3v) is 7.28. The highest BCUT2D eigenvalue weighted by molar-refractivity contribution is 7.89. The van der Waals surface area contributed by atoms with Crippen LogP contribution in [0.4, 0.5) is 0 Å². The fourth-order valence-corrected chi connectivity index (χ4v) is 5.12. The molecule has 11 heteroatoms. The first-order chi connectivity index (χ1) is 14.9. The lowest BCUT2D eigenvalue weighted by Crippen LogP contribution is -2.35. The largest absolute Gasteiger partial charge is 0.438 e. The Labute approximate surface area is 183 Å². The van der Waals surface area contributed by atoms with Gasteiger partial charge in [-0.15, -0.1) is 5.10 Å². The molecule has 2 heterocycles. The minimum Gasteiger partial charge on any atom is -0.438 e. The summed E-state index contributed by atoms with van der Waals surface area (Å²) in [6.45, 7) is 0.386. The van der Waals surface area contributed by atoms with Crippen molar-refractivity contribution in [3.8, 4) is 0 Å². The number of piperidine rings is 1. The molecule has 9 nitrogen and oxygen atoms in total. The first-order valence-corrected chi connectivity index (χ1v) is 11.5. The molecule has 1 aliphatic rings. The van der Waals surface area contributed by atoms with Crippen molar-refractivity contribution in [1.82, 2.24) is 19.3 Å². The average Bonchev–Trinajstić information content (AvgIpc) is 2.79. The van der Waals surface area contributed by atoms with E-state index in [1.165, 1.54) is 22.5 Å². The summed E-state index contributed by atoms with van der Waals surface area (Å²) < 4.78 is 33.3. The molecule has 1 aromatic heterocycles. The summed E-state index contributed by atoms with van der Waals surface area (Å²) in [6, 6.07) is 10.6. The van der Waals surface area contributed by atoms with E-state index in [4.69, 9.17) is 16.3 Å². The molecule has 162 valence electrons. The van der Waals surface area contributed by atoms with Crippen molar-refractivity contribution in [3.05, 3.63) is 63.4 Å². The number of nitrogens with zero attached hydrogens (tertiary/aromatic N) is 4. The standard InChI is InChI=1S/C20H19ClN4O5S/c21-17-9-8-14(31(28,29)24-10-4-1-5-11-24)12-16(17)20(27)30-13-25-19(26)15-6-2-3-7-18(15)22-23-25/h2-3,6-9,12H,1,4-5,10-11,13H2. The van der Waals surface area contributed by atoms with E-state index in [1.54, 1.807) is 24.3 Å². The number of carbonyl (C=O) groups is 1. The van der Waals surface area contributed by atoms with Crippen LogP contribution in [0.25, 0.3) is 10.9 Å². The van der Waals surface area contributed by atoms with Gasteiger partial charge in [0.2, 0.25) is 10.0 Å². The quantitative estimate of drug-likeness (QED) is 0.535. The van der Waals surface area contributed by atoms with Crippen LogP contribution in [0.15, 0.2) is 52.2 Å². The molecule has 0 radical (unpaired) electrons. The highest BCUT2D eigenvalue weighted by Crippen LogP contribution is 2.25. The van der Waals surface area contributed by atoms with Gasteiger partial charge in [-0.3, -0.25) is 4.79 Å². The van der Waals surface area contributed by atoms with E-state index >= 15 is 0 Å². The number of hydrogen-bond donors (Lipinski definition) is 0. The van der Waals surface area contributed by atoms with Gasteiger partial charge < -0.3 is 4.74 Å². The lowest BCUT2D eigenvalue weighted by atomic mass is 10.2. The lowest BCUT2D eigenvalue weighted by molar-refractivity contribution is 0.0336. The van der Waals surface area contributed by atoms with Crippen LogP contribution < -0.4 is 5.56 Å². The van der Waals surface area contributed by atoms with Gasteiger partial charge in [0.25, 0.3) is 5.56 Å². The number of esters is 1. The normalized spacial score (nSPS) is 15.1. The van der Waals surface area contributed by atoms with Gasteiger partial charge in [0.1, 0.15) is 5.52 Å². The molecule has 3 aromatic rings. The van der Waals surface area contributed by atoms with Gasteiger partial charge in [0.15, 0.2) is 6.73 Å². The number of fused-ring (bicyclic) bond motifs is 1. The van der Waals surface area contributed by atoms with E-state index in [0.29, 0.717) is 24.0 Å².